The van der Waals surface area contributed by atoms with Crippen LogP contribution in [0, 0.1) is 0 Å². The predicted octanol–water partition coefficient (Wildman–Crippen LogP) is 4.17. The van der Waals surface area contributed by atoms with Gasteiger partial charge in [-0.05, 0) is 48.5 Å². The van der Waals surface area contributed by atoms with Crippen LogP contribution in [0.5, 0.6) is 5.75 Å². The number of carbonyl (C=O) groups excluding carboxylic acids is 2. The topological polar surface area (TPSA) is 125 Å². The highest BCUT2D eigenvalue weighted by Gasteiger charge is 2.35. The maximum Gasteiger partial charge on any atom is 0.335 e. The zero-order chi connectivity index (χ0) is 26.6. The number of ether oxygens (including phenoxy) is 1. The summed E-state index contributed by atoms with van der Waals surface area (Å²) in [6, 6.07) is 23.6. The number of nitrogens with zero attached hydrogens (tertiary/aromatic N) is 5. The number of aliphatic hydroxyl groups is 1. The van der Waals surface area contributed by atoms with Crippen LogP contribution in [0.15, 0.2) is 91.1 Å². The fraction of sp³-hybridized carbons (Fsp3) is 0.143. The van der Waals surface area contributed by atoms with Crippen LogP contribution in [0.3, 0.4) is 0 Å². The molecular formula is C28H27ClN6O4. The lowest BCUT2D eigenvalue weighted by molar-refractivity contribution is -0.119. The van der Waals surface area contributed by atoms with Crippen LogP contribution in [0.4, 0.5) is 33.6 Å². The minimum atomic E-state index is -1.17. The number of benzene rings is 3. The summed E-state index contributed by atoms with van der Waals surface area (Å²) in [6.07, 6.45) is 1.60. The summed E-state index contributed by atoms with van der Waals surface area (Å²) in [7, 11) is 1.58. The van der Waals surface area contributed by atoms with Crippen LogP contribution in [0.25, 0.3) is 0 Å². The molecule has 0 saturated heterocycles. The number of aromatic nitrogens is 2. The van der Waals surface area contributed by atoms with Crippen molar-refractivity contribution in [2.24, 2.45) is 5.73 Å². The maximum absolute atomic E-state index is 13.9. The van der Waals surface area contributed by atoms with Crippen molar-refractivity contribution < 1.29 is 19.4 Å². The van der Waals surface area contributed by atoms with Crippen molar-refractivity contribution in [2.75, 3.05) is 28.4 Å². The molecule has 5 rings (SSSR count). The Bertz CT molecular complexity index is 1440. The van der Waals surface area contributed by atoms with Crippen LogP contribution < -0.4 is 25.2 Å². The number of fused-ring (bicyclic) bond motifs is 1. The zero-order valence-corrected chi connectivity index (χ0v) is 21.9. The summed E-state index contributed by atoms with van der Waals surface area (Å²) in [6.45, 7) is -0.321. The first-order valence-electron chi connectivity index (χ1n) is 11.9. The molecule has 39 heavy (non-hydrogen) atoms. The molecule has 10 nitrogen and oxygen atoms in total. The maximum atomic E-state index is 13.9. The number of halogens is 1. The summed E-state index contributed by atoms with van der Waals surface area (Å²) in [5.74, 6) is 0.489. The standard InChI is InChI=1S/C28H26N6O4.ClH/c1-38-23-14-12-20(13-15-23)32-17-19-16-30-27(31-25(19)33(28(32)37)21-8-4-2-5-9-21)34(26(36)24(29)18-35)22-10-6-3-7-11-22;/h2-16,24,35H,17-18,29H2,1H3;1H/t24-;/m0./s1. The predicted molar refractivity (Wildman–Crippen MR) is 151 cm³/mol. The highest BCUT2D eigenvalue weighted by molar-refractivity contribution is 6.10. The van der Waals surface area contributed by atoms with Crippen molar-refractivity contribution >= 4 is 53.2 Å². The number of carbonyl (C=O) groups is 2. The highest BCUT2D eigenvalue weighted by atomic mass is 35.5. The number of para-hydroxylation sites is 2. The summed E-state index contributed by atoms with van der Waals surface area (Å²) in [5, 5.41) is 9.56. The first-order chi connectivity index (χ1) is 18.5. The minimum absolute atomic E-state index is 0. The van der Waals surface area contributed by atoms with Gasteiger partial charge in [-0.15, -0.1) is 12.4 Å². The van der Waals surface area contributed by atoms with Gasteiger partial charge in [0.15, 0.2) is 5.82 Å². The molecule has 1 aliphatic heterocycles. The lowest BCUT2D eigenvalue weighted by Gasteiger charge is -2.36. The van der Waals surface area contributed by atoms with Gasteiger partial charge in [0.1, 0.15) is 11.8 Å². The number of anilines is 5. The van der Waals surface area contributed by atoms with E-state index in [4.69, 9.17) is 15.5 Å². The molecule has 1 atom stereocenters. The van der Waals surface area contributed by atoms with Crippen molar-refractivity contribution in [1.29, 1.82) is 0 Å². The van der Waals surface area contributed by atoms with E-state index in [0.29, 0.717) is 34.2 Å². The Labute approximate surface area is 231 Å². The largest absolute Gasteiger partial charge is 0.497 e. The van der Waals surface area contributed by atoms with Crippen LogP contribution in [-0.4, -0.2) is 46.8 Å². The molecule has 0 saturated carbocycles. The van der Waals surface area contributed by atoms with Gasteiger partial charge in [0, 0.05) is 17.4 Å². The van der Waals surface area contributed by atoms with E-state index >= 15 is 0 Å². The minimum Gasteiger partial charge on any atom is -0.497 e. The fourth-order valence-corrected chi connectivity index (χ4v) is 4.19. The van der Waals surface area contributed by atoms with Gasteiger partial charge in [-0.2, -0.15) is 4.98 Å². The Morgan fingerprint density at radius 1 is 1.03 bits per heavy atom. The number of nitrogens with two attached hydrogens (primary N) is 1. The molecule has 2 heterocycles. The molecule has 0 radical (unpaired) electrons. The number of rotatable bonds is 7. The normalized spacial score (nSPS) is 13.3. The second-order valence-corrected chi connectivity index (χ2v) is 8.55. The van der Waals surface area contributed by atoms with Crippen LogP contribution in [-0.2, 0) is 11.3 Å². The van der Waals surface area contributed by atoms with Crippen LogP contribution in [0.1, 0.15) is 5.56 Å². The molecular weight excluding hydrogens is 520 g/mol. The molecule has 1 aliphatic rings. The van der Waals surface area contributed by atoms with E-state index < -0.39 is 18.6 Å². The molecule has 1 aromatic heterocycles. The summed E-state index contributed by atoms with van der Waals surface area (Å²) >= 11 is 0. The quantitative estimate of drug-likeness (QED) is 0.356. The first kappa shape index (κ1) is 27.5. The van der Waals surface area contributed by atoms with Crippen molar-refractivity contribution in [3.05, 3.63) is 96.7 Å². The molecule has 0 spiro atoms. The molecule has 3 N–H and O–H groups in total. The highest BCUT2D eigenvalue weighted by Crippen LogP contribution is 2.37. The Hall–Kier alpha value is -4.51. The molecule has 0 aliphatic carbocycles. The third kappa shape index (κ3) is 5.39. The van der Waals surface area contributed by atoms with E-state index in [1.54, 1.807) is 54.6 Å². The third-order valence-corrected chi connectivity index (χ3v) is 6.14. The Morgan fingerprint density at radius 2 is 1.67 bits per heavy atom. The molecule has 3 amide bonds. The lowest BCUT2D eigenvalue weighted by atomic mass is 10.1. The van der Waals surface area contributed by atoms with E-state index in [1.165, 1.54) is 9.80 Å². The summed E-state index contributed by atoms with van der Waals surface area (Å²) in [4.78, 5) is 40.7. The number of amides is 3. The van der Waals surface area contributed by atoms with Gasteiger partial charge in [-0.1, -0.05) is 36.4 Å². The second kappa shape index (κ2) is 11.9. The molecule has 200 valence electrons. The smallest absolute Gasteiger partial charge is 0.335 e. The van der Waals surface area contributed by atoms with Gasteiger partial charge in [-0.25, -0.2) is 19.6 Å². The molecule has 0 fully saturated rings. The van der Waals surface area contributed by atoms with Crippen molar-refractivity contribution in [1.82, 2.24) is 9.97 Å². The van der Waals surface area contributed by atoms with Gasteiger partial charge in [0.2, 0.25) is 5.95 Å². The van der Waals surface area contributed by atoms with Crippen molar-refractivity contribution in [3.63, 3.8) is 0 Å². The molecule has 3 aromatic carbocycles. The van der Waals surface area contributed by atoms with Gasteiger partial charge in [0.05, 0.1) is 31.6 Å². The Balaban J connectivity index is 0.00000353. The number of methoxy groups -OCH3 is 1. The number of hydrogen-bond acceptors (Lipinski definition) is 7. The molecule has 0 unspecified atom stereocenters. The zero-order valence-electron chi connectivity index (χ0n) is 21.0. The molecule has 0 bridgehead atoms. The van der Waals surface area contributed by atoms with E-state index in [2.05, 4.69) is 4.98 Å². The SMILES string of the molecule is COc1ccc(N2Cc3cnc(N(C(=O)[C@@H](N)CO)c4ccccc4)nc3N(c3ccccc3)C2=O)cc1.Cl. The lowest BCUT2D eigenvalue weighted by Crippen LogP contribution is -2.46. The number of urea groups is 1. The van der Waals surface area contributed by atoms with Crippen molar-refractivity contribution in [3.8, 4) is 5.75 Å². The Morgan fingerprint density at radius 3 is 2.28 bits per heavy atom. The monoisotopic (exact) mass is 546 g/mol. The Kier molecular flexibility index (Phi) is 8.40. The fourth-order valence-electron chi connectivity index (χ4n) is 4.19. The second-order valence-electron chi connectivity index (χ2n) is 8.55. The van der Waals surface area contributed by atoms with Gasteiger partial charge < -0.3 is 15.6 Å². The first-order valence-corrected chi connectivity index (χ1v) is 11.9. The van der Waals surface area contributed by atoms with Crippen molar-refractivity contribution in [2.45, 2.75) is 12.6 Å². The molecule has 4 aromatic rings. The van der Waals surface area contributed by atoms with E-state index in [-0.39, 0.29) is 30.9 Å². The average molecular weight is 547 g/mol. The van der Waals surface area contributed by atoms with E-state index in [1.807, 2.05) is 48.5 Å². The number of hydrogen-bond donors (Lipinski definition) is 2. The van der Waals surface area contributed by atoms with E-state index in [0.717, 1.165) is 0 Å². The average Bonchev–Trinajstić information content (AvgIpc) is 2.97. The summed E-state index contributed by atoms with van der Waals surface area (Å²) < 4.78 is 5.26. The third-order valence-electron chi connectivity index (χ3n) is 6.14. The summed E-state index contributed by atoms with van der Waals surface area (Å²) in [5.41, 5.74) is 8.34. The number of aliphatic hydroxyl groups excluding tert-OH is 1. The van der Waals surface area contributed by atoms with E-state index in [9.17, 15) is 14.7 Å². The van der Waals surface area contributed by atoms with Gasteiger partial charge >= 0.3 is 6.03 Å². The van der Waals surface area contributed by atoms with Gasteiger partial charge in [0.25, 0.3) is 5.91 Å². The van der Waals surface area contributed by atoms with Gasteiger partial charge in [-0.3, -0.25) is 9.69 Å². The van der Waals surface area contributed by atoms with Crippen LogP contribution in [0.2, 0.25) is 0 Å². The van der Waals surface area contributed by atoms with Crippen LogP contribution >= 0.6 is 12.4 Å². The molecule has 11 heteroatoms.